The molecule has 0 radical (unpaired) electrons. The van der Waals surface area contributed by atoms with Gasteiger partial charge >= 0.3 is 0 Å². The van der Waals surface area contributed by atoms with Gasteiger partial charge in [0, 0.05) is 29.8 Å². The Balaban J connectivity index is 1.78. The molecule has 2 aromatic rings. The Morgan fingerprint density at radius 1 is 1.35 bits per heavy atom. The van der Waals surface area contributed by atoms with Gasteiger partial charge in [-0.25, -0.2) is 0 Å². The Hall–Kier alpha value is -3.29. The molecule has 1 fully saturated rings. The molecule has 1 saturated carbocycles. The van der Waals surface area contributed by atoms with Crippen LogP contribution in [-0.4, -0.2) is 29.1 Å². The topological polar surface area (TPSA) is 114 Å². The average molecular weight is 357 g/mol. The molecule has 1 aliphatic rings. The molecule has 8 heteroatoms. The molecule has 1 amide bonds. The summed E-state index contributed by atoms with van der Waals surface area (Å²) in [4.78, 5) is 22.9. The third-order valence-corrected chi connectivity index (χ3v) is 4.14. The van der Waals surface area contributed by atoms with Crippen molar-refractivity contribution in [1.82, 2.24) is 5.32 Å². The number of nitro groups is 1. The van der Waals surface area contributed by atoms with Crippen molar-refractivity contribution in [3.05, 3.63) is 57.6 Å². The smallest absolute Gasteiger partial charge is 0.293 e. The summed E-state index contributed by atoms with van der Waals surface area (Å²) in [6, 6.07) is 9.49. The zero-order chi connectivity index (χ0) is 18.7. The van der Waals surface area contributed by atoms with Crippen molar-refractivity contribution >= 4 is 17.3 Å². The summed E-state index contributed by atoms with van der Waals surface area (Å²) in [5.41, 5.74) is 0.851. The van der Waals surface area contributed by atoms with Gasteiger partial charge in [0.25, 0.3) is 11.6 Å². The third kappa shape index (κ3) is 3.85. The average Bonchev–Trinajstić information content (AvgIpc) is 3.44. The number of hydrogen-bond donors (Lipinski definition) is 3. The fourth-order valence-electron chi connectivity index (χ4n) is 2.54. The minimum Gasteiger partial charge on any atom is -0.504 e. The van der Waals surface area contributed by atoms with E-state index in [1.54, 1.807) is 24.3 Å². The third-order valence-electron chi connectivity index (χ3n) is 4.14. The summed E-state index contributed by atoms with van der Waals surface area (Å²) in [5, 5.41) is 27.2. The zero-order valence-corrected chi connectivity index (χ0v) is 14.2. The molecule has 0 aromatic heterocycles. The van der Waals surface area contributed by atoms with Crippen molar-refractivity contribution in [2.24, 2.45) is 0 Å². The number of nitrogens with zero attached hydrogens (tertiary/aromatic N) is 1. The summed E-state index contributed by atoms with van der Waals surface area (Å²) in [6.07, 6.45) is 1.88. The predicted molar refractivity (Wildman–Crippen MR) is 95.6 cm³/mol. The fraction of sp³-hybridized carbons (Fsp3) is 0.278. The van der Waals surface area contributed by atoms with Gasteiger partial charge in [0.05, 0.1) is 12.0 Å². The van der Waals surface area contributed by atoms with Crippen molar-refractivity contribution in [3.63, 3.8) is 0 Å². The maximum atomic E-state index is 12.1. The van der Waals surface area contributed by atoms with Crippen molar-refractivity contribution in [1.29, 1.82) is 0 Å². The van der Waals surface area contributed by atoms with E-state index in [1.165, 1.54) is 19.2 Å². The SMILES string of the molecule is COc1cccc(CNc2ccc(C(=O)NC3CC3)cc2[N+](=O)[O-])c1O. The molecule has 0 bridgehead atoms. The van der Waals surface area contributed by atoms with Crippen LogP contribution in [0.3, 0.4) is 0 Å². The summed E-state index contributed by atoms with van der Waals surface area (Å²) in [6.45, 7) is 0.164. The molecule has 1 aliphatic carbocycles. The minimum absolute atomic E-state index is 0.0226. The molecule has 0 aliphatic heterocycles. The number of hydrogen-bond acceptors (Lipinski definition) is 6. The molecular weight excluding hydrogens is 338 g/mol. The van der Waals surface area contributed by atoms with E-state index in [-0.39, 0.29) is 41.2 Å². The Kier molecular flexibility index (Phi) is 4.92. The number of para-hydroxylation sites is 1. The van der Waals surface area contributed by atoms with Gasteiger partial charge in [-0.05, 0) is 31.0 Å². The summed E-state index contributed by atoms with van der Waals surface area (Å²) in [7, 11) is 1.45. The minimum atomic E-state index is -0.540. The Morgan fingerprint density at radius 3 is 2.77 bits per heavy atom. The van der Waals surface area contributed by atoms with Crippen LogP contribution in [0.1, 0.15) is 28.8 Å². The van der Waals surface area contributed by atoms with Crippen LogP contribution in [0.5, 0.6) is 11.5 Å². The summed E-state index contributed by atoms with van der Waals surface area (Å²) in [5.74, 6) is -0.0101. The molecule has 0 unspecified atom stereocenters. The zero-order valence-electron chi connectivity index (χ0n) is 14.2. The van der Waals surface area contributed by atoms with Gasteiger partial charge in [-0.1, -0.05) is 12.1 Å². The number of nitro benzene ring substituents is 1. The van der Waals surface area contributed by atoms with E-state index in [9.17, 15) is 20.0 Å². The van der Waals surface area contributed by atoms with Gasteiger partial charge in [0.2, 0.25) is 0 Å². The predicted octanol–water partition coefficient (Wildman–Crippen LogP) is 2.81. The normalized spacial score (nSPS) is 13.1. The first kappa shape index (κ1) is 17.5. The second-order valence-corrected chi connectivity index (χ2v) is 6.06. The van der Waals surface area contributed by atoms with Gasteiger partial charge in [-0.15, -0.1) is 0 Å². The Labute approximate surface area is 149 Å². The second kappa shape index (κ2) is 7.30. The van der Waals surface area contributed by atoms with Crippen molar-refractivity contribution < 1.29 is 19.6 Å². The van der Waals surface area contributed by atoms with E-state index in [0.717, 1.165) is 12.8 Å². The highest BCUT2D eigenvalue weighted by atomic mass is 16.6. The number of ether oxygens (including phenoxy) is 1. The van der Waals surface area contributed by atoms with E-state index in [1.807, 2.05) is 0 Å². The van der Waals surface area contributed by atoms with Crippen LogP contribution in [0, 0.1) is 10.1 Å². The number of anilines is 1. The fourth-order valence-corrected chi connectivity index (χ4v) is 2.54. The first-order valence-corrected chi connectivity index (χ1v) is 8.17. The molecule has 0 saturated heterocycles. The second-order valence-electron chi connectivity index (χ2n) is 6.06. The van der Waals surface area contributed by atoms with E-state index >= 15 is 0 Å². The molecule has 26 heavy (non-hydrogen) atoms. The van der Waals surface area contributed by atoms with E-state index < -0.39 is 4.92 Å². The van der Waals surface area contributed by atoms with E-state index in [2.05, 4.69) is 10.6 Å². The van der Waals surface area contributed by atoms with Crippen LogP contribution in [0.2, 0.25) is 0 Å². The summed E-state index contributed by atoms with van der Waals surface area (Å²) >= 11 is 0. The van der Waals surface area contributed by atoms with Crippen molar-refractivity contribution in [3.8, 4) is 11.5 Å². The van der Waals surface area contributed by atoms with Crippen LogP contribution < -0.4 is 15.4 Å². The monoisotopic (exact) mass is 357 g/mol. The van der Waals surface area contributed by atoms with Crippen molar-refractivity contribution in [2.45, 2.75) is 25.4 Å². The van der Waals surface area contributed by atoms with Gasteiger partial charge in [-0.3, -0.25) is 14.9 Å². The number of nitrogens with one attached hydrogen (secondary N) is 2. The van der Waals surface area contributed by atoms with Gasteiger partial charge in [0.1, 0.15) is 5.69 Å². The molecule has 3 rings (SSSR count). The largest absolute Gasteiger partial charge is 0.504 e. The number of carbonyl (C=O) groups is 1. The molecule has 0 atom stereocenters. The molecular formula is C18H19N3O5. The number of methoxy groups -OCH3 is 1. The van der Waals surface area contributed by atoms with Crippen LogP contribution in [0.25, 0.3) is 0 Å². The maximum absolute atomic E-state index is 12.1. The van der Waals surface area contributed by atoms with Crippen molar-refractivity contribution in [2.75, 3.05) is 12.4 Å². The number of phenolic OH excluding ortho intramolecular Hbond substituents is 1. The highest BCUT2D eigenvalue weighted by Crippen LogP contribution is 2.31. The number of rotatable bonds is 7. The lowest BCUT2D eigenvalue weighted by Gasteiger charge is -2.11. The van der Waals surface area contributed by atoms with Gasteiger partial charge in [0.15, 0.2) is 11.5 Å². The highest BCUT2D eigenvalue weighted by molar-refractivity contribution is 5.96. The highest BCUT2D eigenvalue weighted by Gasteiger charge is 2.25. The maximum Gasteiger partial charge on any atom is 0.293 e. The summed E-state index contributed by atoms with van der Waals surface area (Å²) < 4.78 is 5.05. The number of carbonyl (C=O) groups excluding carboxylic acids is 1. The van der Waals surface area contributed by atoms with Crippen LogP contribution in [0.4, 0.5) is 11.4 Å². The van der Waals surface area contributed by atoms with Crippen LogP contribution >= 0.6 is 0 Å². The lowest BCUT2D eigenvalue weighted by atomic mass is 10.1. The van der Waals surface area contributed by atoms with Gasteiger partial charge < -0.3 is 20.5 Å². The number of amides is 1. The first-order valence-electron chi connectivity index (χ1n) is 8.17. The van der Waals surface area contributed by atoms with E-state index in [0.29, 0.717) is 11.3 Å². The standard InChI is InChI=1S/C18H19N3O5/c1-26-16-4-2-3-12(17(16)22)10-19-14-8-5-11(9-15(14)21(24)25)18(23)20-13-6-7-13/h2-5,8-9,13,19,22H,6-7,10H2,1H3,(H,20,23). The number of aromatic hydroxyl groups is 1. The quantitative estimate of drug-likeness (QED) is 0.519. The molecule has 3 N–H and O–H groups in total. The first-order chi connectivity index (χ1) is 12.5. The Morgan fingerprint density at radius 2 is 2.12 bits per heavy atom. The lowest BCUT2D eigenvalue weighted by Crippen LogP contribution is -2.25. The number of phenols is 1. The number of benzene rings is 2. The molecule has 136 valence electrons. The molecule has 2 aromatic carbocycles. The van der Waals surface area contributed by atoms with Gasteiger partial charge in [-0.2, -0.15) is 0 Å². The van der Waals surface area contributed by atoms with Crippen LogP contribution in [-0.2, 0) is 6.54 Å². The molecule has 0 spiro atoms. The van der Waals surface area contributed by atoms with E-state index in [4.69, 9.17) is 4.74 Å². The van der Waals surface area contributed by atoms with Crippen LogP contribution in [0.15, 0.2) is 36.4 Å². The molecule has 0 heterocycles. The Bertz CT molecular complexity index is 849. The lowest BCUT2D eigenvalue weighted by molar-refractivity contribution is -0.384. The molecule has 8 nitrogen and oxygen atoms in total.